The van der Waals surface area contributed by atoms with E-state index in [4.69, 9.17) is 5.11 Å². The van der Waals surface area contributed by atoms with Gasteiger partial charge in [-0.05, 0) is 30.3 Å². The first-order valence-electron chi connectivity index (χ1n) is 4.39. The number of sulfone groups is 1. The Morgan fingerprint density at radius 2 is 2.31 bits per heavy atom. The number of aliphatic hydroxyl groups excluding tert-OH is 1. The summed E-state index contributed by atoms with van der Waals surface area (Å²) in [6, 6.07) is 0. The first kappa shape index (κ1) is 11.3. The molecule has 0 aliphatic carbocycles. The van der Waals surface area contributed by atoms with E-state index in [9.17, 15) is 8.42 Å². The van der Waals surface area contributed by atoms with E-state index >= 15 is 0 Å². The van der Waals surface area contributed by atoms with Gasteiger partial charge >= 0.3 is 0 Å². The fourth-order valence-corrected chi connectivity index (χ4v) is 4.47. The van der Waals surface area contributed by atoms with Crippen LogP contribution >= 0.6 is 11.8 Å². The summed E-state index contributed by atoms with van der Waals surface area (Å²) >= 11 is 1.67. The number of thioether (sulfide) groups is 1. The van der Waals surface area contributed by atoms with E-state index < -0.39 is 9.84 Å². The molecule has 0 aromatic rings. The van der Waals surface area contributed by atoms with Gasteiger partial charge in [0.15, 0.2) is 9.84 Å². The molecule has 0 bridgehead atoms. The molecule has 2 atom stereocenters. The van der Waals surface area contributed by atoms with E-state index in [1.807, 2.05) is 6.26 Å². The molecule has 1 saturated heterocycles. The van der Waals surface area contributed by atoms with Crippen LogP contribution in [0.3, 0.4) is 0 Å². The fraction of sp³-hybridized carbons (Fsp3) is 1.00. The van der Waals surface area contributed by atoms with Crippen molar-refractivity contribution in [3.8, 4) is 0 Å². The third-order valence-corrected chi connectivity index (χ3v) is 5.10. The van der Waals surface area contributed by atoms with E-state index in [1.54, 1.807) is 11.8 Å². The number of rotatable bonds is 4. The van der Waals surface area contributed by atoms with E-state index in [-0.39, 0.29) is 24.2 Å². The molecule has 1 aliphatic rings. The largest absolute Gasteiger partial charge is 0.396 e. The maximum atomic E-state index is 11.2. The molecule has 0 aromatic carbocycles. The van der Waals surface area contributed by atoms with Crippen LogP contribution in [-0.4, -0.2) is 43.6 Å². The summed E-state index contributed by atoms with van der Waals surface area (Å²) in [7, 11) is -2.79. The van der Waals surface area contributed by atoms with Crippen LogP contribution in [0.2, 0.25) is 0 Å². The van der Waals surface area contributed by atoms with E-state index in [2.05, 4.69) is 0 Å². The highest BCUT2D eigenvalue weighted by Gasteiger charge is 2.32. The maximum Gasteiger partial charge on any atom is 0.150 e. The molecule has 2 unspecified atom stereocenters. The molecule has 78 valence electrons. The number of hydrogen-bond donors (Lipinski definition) is 1. The van der Waals surface area contributed by atoms with Gasteiger partial charge in [-0.2, -0.15) is 11.8 Å². The molecule has 1 heterocycles. The van der Waals surface area contributed by atoms with Gasteiger partial charge in [0, 0.05) is 6.61 Å². The standard InChI is InChI=1S/C8H16O3S2/c1-12-5-8(4-9)7-2-3-13(10,11)6-7/h7-9H,2-6H2,1H3. The first-order chi connectivity index (χ1) is 6.09. The van der Waals surface area contributed by atoms with Crippen LogP contribution in [0.15, 0.2) is 0 Å². The molecule has 13 heavy (non-hydrogen) atoms. The normalized spacial score (nSPS) is 28.9. The van der Waals surface area contributed by atoms with Crippen molar-refractivity contribution < 1.29 is 13.5 Å². The van der Waals surface area contributed by atoms with Gasteiger partial charge in [0.2, 0.25) is 0 Å². The Morgan fingerprint density at radius 3 is 2.69 bits per heavy atom. The van der Waals surface area contributed by atoms with Crippen molar-refractivity contribution in [3.63, 3.8) is 0 Å². The molecule has 0 spiro atoms. The Morgan fingerprint density at radius 1 is 1.62 bits per heavy atom. The minimum atomic E-state index is -2.79. The lowest BCUT2D eigenvalue weighted by Gasteiger charge is -2.18. The highest BCUT2D eigenvalue weighted by molar-refractivity contribution is 7.98. The van der Waals surface area contributed by atoms with Crippen molar-refractivity contribution in [3.05, 3.63) is 0 Å². The van der Waals surface area contributed by atoms with Gasteiger partial charge in [0.05, 0.1) is 11.5 Å². The van der Waals surface area contributed by atoms with Crippen LogP contribution in [-0.2, 0) is 9.84 Å². The molecule has 1 aliphatic heterocycles. The summed E-state index contributed by atoms with van der Waals surface area (Å²) < 4.78 is 22.4. The van der Waals surface area contributed by atoms with E-state index in [0.29, 0.717) is 5.75 Å². The average molecular weight is 224 g/mol. The second-order valence-electron chi connectivity index (χ2n) is 3.56. The lowest BCUT2D eigenvalue weighted by molar-refractivity contribution is 0.201. The van der Waals surface area contributed by atoms with Crippen molar-refractivity contribution in [2.45, 2.75) is 6.42 Å². The van der Waals surface area contributed by atoms with Gasteiger partial charge in [-0.1, -0.05) is 0 Å². The topological polar surface area (TPSA) is 54.4 Å². The molecule has 0 amide bonds. The average Bonchev–Trinajstić information content (AvgIpc) is 2.42. The van der Waals surface area contributed by atoms with Gasteiger partial charge in [0.1, 0.15) is 0 Å². The Labute approximate surface area is 83.8 Å². The smallest absolute Gasteiger partial charge is 0.150 e. The van der Waals surface area contributed by atoms with Crippen molar-refractivity contribution in [1.82, 2.24) is 0 Å². The zero-order chi connectivity index (χ0) is 9.90. The lowest BCUT2D eigenvalue weighted by Crippen LogP contribution is -2.22. The second-order valence-corrected chi connectivity index (χ2v) is 6.70. The van der Waals surface area contributed by atoms with Crippen molar-refractivity contribution in [1.29, 1.82) is 0 Å². The van der Waals surface area contributed by atoms with E-state index in [0.717, 1.165) is 12.2 Å². The predicted octanol–water partition coefficient (Wildman–Crippen LogP) is 0.393. The Balaban J connectivity index is 2.52. The Bertz CT molecular complexity index is 248. The van der Waals surface area contributed by atoms with E-state index in [1.165, 1.54) is 0 Å². The van der Waals surface area contributed by atoms with Crippen LogP contribution in [0.5, 0.6) is 0 Å². The third kappa shape index (κ3) is 3.14. The molecule has 5 heteroatoms. The molecule has 0 aromatic heterocycles. The van der Waals surface area contributed by atoms with Crippen LogP contribution in [0.4, 0.5) is 0 Å². The van der Waals surface area contributed by atoms with Gasteiger partial charge < -0.3 is 5.11 Å². The quantitative estimate of drug-likeness (QED) is 0.750. The molecule has 0 radical (unpaired) electrons. The van der Waals surface area contributed by atoms with Crippen LogP contribution in [0.25, 0.3) is 0 Å². The van der Waals surface area contributed by atoms with Crippen LogP contribution in [0.1, 0.15) is 6.42 Å². The fourth-order valence-electron chi connectivity index (χ4n) is 1.75. The minimum absolute atomic E-state index is 0.112. The Kier molecular flexibility index (Phi) is 4.06. The molecule has 3 nitrogen and oxygen atoms in total. The van der Waals surface area contributed by atoms with Gasteiger partial charge in [0.25, 0.3) is 0 Å². The SMILES string of the molecule is CSCC(CO)C1CCS(=O)(=O)C1. The molecule has 1 rings (SSSR count). The Hall–Kier alpha value is 0.260. The monoisotopic (exact) mass is 224 g/mol. The van der Waals surface area contributed by atoms with Crippen LogP contribution < -0.4 is 0 Å². The van der Waals surface area contributed by atoms with Gasteiger partial charge in [-0.15, -0.1) is 0 Å². The summed E-state index contributed by atoms with van der Waals surface area (Å²) in [6.45, 7) is 0.112. The molecule has 1 N–H and O–H groups in total. The molecule has 0 saturated carbocycles. The van der Waals surface area contributed by atoms with Gasteiger partial charge in [-0.3, -0.25) is 0 Å². The maximum absolute atomic E-state index is 11.2. The zero-order valence-corrected chi connectivity index (χ0v) is 9.40. The summed E-state index contributed by atoms with van der Waals surface area (Å²) in [4.78, 5) is 0. The third-order valence-electron chi connectivity index (χ3n) is 2.55. The minimum Gasteiger partial charge on any atom is -0.396 e. The highest BCUT2D eigenvalue weighted by atomic mass is 32.2. The molecular formula is C8H16O3S2. The van der Waals surface area contributed by atoms with Crippen molar-refractivity contribution >= 4 is 21.6 Å². The van der Waals surface area contributed by atoms with Crippen molar-refractivity contribution in [2.75, 3.05) is 30.1 Å². The summed E-state index contributed by atoms with van der Waals surface area (Å²) in [5.74, 6) is 1.78. The summed E-state index contributed by atoms with van der Waals surface area (Å²) in [6.07, 6.45) is 2.71. The van der Waals surface area contributed by atoms with Crippen LogP contribution in [0, 0.1) is 11.8 Å². The predicted molar refractivity (Wildman–Crippen MR) is 55.7 cm³/mol. The summed E-state index contributed by atoms with van der Waals surface area (Å²) in [5.41, 5.74) is 0. The number of aliphatic hydroxyl groups is 1. The molecular weight excluding hydrogens is 208 g/mol. The second kappa shape index (κ2) is 4.66. The lowest BCUT2D eigenvalue weighted by atomic mass is 9.94. The zero-order valence-electron chi connectivity index (χ0n) is 7.77. The number of hydrogen-bond acceptors (Lipinski definition) is 4. The van der Waals surface area contributed by atoms with Crippen molar-refractivity contribution in [2.24, 2.45) is 11.8 Å². The first-order valence-corrected chi connectivity index (χ1v) is 7.61. The molecule has 1 fully saturated rings. The summed E-state index contributed by atoms with van der Waals surface area (Å²) in [5, 5.41) is 9.08. The van der Waals surface area contributed by atoms with Gasteiger partial charge in [-0.25, -0.2) is 8.42 Å². The highest BCUT2D eigenvalue weighted by Crippen LogP contribution is 2.27.